The van der Waals surface area contributed by atoms with Gasteiger partial charge in [0, 0.05) is 12.3 Å². The first kappa shape index (κ1) is 16.8. The number of methoxy groups -OCH3 is 1. The third kappa shape index (κ3) is 3.48. The normalized spacial score (nSPS) is 19.2. The van der Waals surface area contributed by atoms with E-state index < -0.39 is 0 Å². The predicted molar refractivity (Wildman–Crippen MR) is 101 cm³/mol. The average Bonchev–Trinajstić information content (AvgIpc) is 3.04. The van der Waals surface area contributed by atoms with Crippen LogP contribution in [0.1, 0.15) is 42.2 Å². The summed E-state index contributed by atoms with van der Waals surface area (Å²) in [5, 5.41) is 11.5. The van der Waals surface area contributed by atoms with Crippen LogP contribution in [-0.2, 0) is 6.42 Å². The summed E-state index contributed by atoms with van der Waals surface area (Å²) in [6, 6.07) is 11.8. The fraction of sp³-hybridized carbons (Fsp3) is 0.316. The molecule has 1 N–H and O–H groups in total. The molecule has 4 rings (SSSR count). The van der Waals surface area contributed by atoms with Gasteiger partial charge in [-0.3, -0.25) is 5.10 Å². The Balaban J connectivity index is 1.52. The zero-order valence-corrected chi connectivity index (χ0v) is 15.5. The third-order valence-electron chi connectivity index (χ3n) is 4.66. The van der Waals surface area contributed by atoms with Crippen molar-refractivity contribution in [3.8, 4) is 5.75 Å². The molecule has 0 spiro atoms. The molecule has 0 saturated heterocycles. The first-order chi connectivity index (χ1) is 12.6. The molecule has 0 radical (unpaired) electrons. The van der Waals surface area contributed by atoms with Crippen LogP contribution in [-0.4, -0.2) is 28.2 Å². The number of nitrogens with one attached hydrogen (secondary N) is 1. The quantitative estimate of drug-likeness (QED) is 0.524. The SMILES string of the molecule is COc1ccc(Cc2n[nH]c(=S)n2/N=C\c2ccc([C@@H]3C[C@H]3C)o2)cc1. The van der Waals surface area contributed by atoms with Gasteiger partial charge in [0.25, 0.3) is 0 Å². The van der Waals surface area contributed by atoms with Crippen LogP contribution in [0.25, 0.3) is 0 Å². The highest BCUT2D eigenvalue weighted by molar-refractivity contribution is 7.71. The summed E-state index contributed by atoms with van der Waals surface area (Å²) in [7, 11) is 1.65. The van der Waals surface area contributed by atoms with Crippen molar-refractivity contribution >= 4 is 18.4 Å². The van der Waals surface area contributed by atoms with Crippen molar-refractivity contribution in [2.75, 3.05) is 7.11 Å². The van der Waals surface area contributed by atoms with Gasteiger partial charge < -0.3 is 9.15 Å². The Morgan fingerprint density at radius 3 is 2.81 bits per heavy atom. The number of hydrogen-bond acceptors (Lipinski definition) is 5. The molecule has 2 heterocycles. The minimum Gasteiger partial charge on any atom is -0.497 e. The number of benzene rings is 1. The molecule has 0 unspecified atom stereocenters. The molecule has 2 aromatic heterocycles. The fourth-order valence-corrected chi connectivity index (χ4v) is 3.15. The molecule has 2 atom stereocenters. The monoisotopic (exact) mass is 368 g/mol. The van der Waals surface area contributed by atoms with E-state index >= 15 is 0 Å². The van der Waals surface area contributed by atoms with Crippen molar-refractivity contribution in [3.05, 3.63) is 64.1 Å². The summed E-state index contributed by atoms with van der Waals surface area (Å²) in [5.41, 5.74) is 1.10. The van der Waals surface area contributed by atoms with E-state index in [-0.39, 0.29) is 0 Å². The molecule has 3 aromatic rings. The summed E-state index contributed by atoms with van der Waals surface area (Å²) in [5.74, 6) is 4.58. The number of nitrogens with zero attached hydrogens (tertiary/aromatic N) is 3. The lowest BCUT2D eigenvalue weighted by Crippen LogP contribution is -2.00. The van der Waals surface area contributed by atoms with Gasteiger partial charge in [-0.05, 0) is 54.4 Å². The summed E-state index contributed by atoms with van der Waals surface area (Å²) in [4.78, 5) is 0. The molecule has 1 saturated carbocycles. The average molecular weight is 368 g/mol. The summed E-state index contributed by atoms with van der Waals surface area (Å²) in [6.45, 7) is 2.23. The maximum absolute atomic E-state index is 5.86. The minimum atomic E-state index is 0.451. The molecule has 0 bridgehead atoms. The van der Waals surface area contributed by atoms with Crippen LogP contribution >= 0.6 is 12.2 Å². The Morgan fingerprint density at radius 2 is 2.12 bits per heavy atom. The van der Waals surface area contributed by atoms with Gasteiger partial charge in [0.05, 0.1) is 13.3 Å². The van der Waals surface area contributed by atoms with Gasteiger partial charge >= 0.3 is 0 Å². The number of aromatic nitrogens is 3. The second-order valence-corrected chi connectivity index (χ2v) is 6.97. The standard InChI is InChI=1S/C19H20N4O2S/c1-12-9-16(12)17-8-7-15(25-17)11-20-23-18(21-22-19(23)26)10-13-3-5-14(24-2)6-4-13/h3-8,11-12,16H,9-10H2,1-2H3,(H,22,26)/b20-11-/t12-,16-/m1/s1. The van der Waals surface area contributed by atoms with E-state index in [2.05, 4.69) is 22.2 Å². The molecule has 0 aliphatic heterocycles. The summed E-state index contributed by atoms with van der Waals surface area (Å²) in [6.07, 6.45) is 3.49. The van der Waals surface area contributed by atoms with Gasteiger partial charge in [-0.1, -0.05) is 19.1 Å². The van der Waals surface area contributed by atoms with E-state index in [0.717, 1.165) is 28.7 Å². The minimum absolute atomic E-state index is 0.451. The highest BCUT2D eigenvalue weighted by Gasteiger charge is 2.36. The maximum Gasteiger partial charge on any atom is 0.216 e. The van der Waals surface area contributed by atoms with Crippen LogP contribution in [0, 0.1) is 10.7 Å². The highest BCUT2D eigenvalue weighted by Crippen LogP contribution is 2.47. The van der Waals surface area contributed by atoms with Gasteiger partial charge in [0.1, 0.15) is 17.3 Å². The predicted octanol–water partition coefficient (Wildman–Crippen LogP) is 4.14. The Hall–Kier alpha value is -2.67. The molecule has 1 aromatic carbocycles. The Bertz CT molecular complexity index is 984. The van der Waals surface area contributed by atoms with Gasteiger partial charge in [0.2, 0.25) is 4.77 Å². The zero-order chi connectivity index (χ0) is 18.1. The number of ether oxygens (including phenoxy) is 1. The molecule has 7 heteroatoms. The lowest BCUT2D eigenvalue weighted by atomic mass is 10.1. The number of H-pyrrole nitrogens is 1. The molecule has 26 heavy (non-hydrogen) atoms. The molecule has 1 fully saturated rings. The second-order valence-electron chi connectivity index (χ2n) is 6.59. The Labute approximate surface area is 156 Å². The summed E-state index contributed by atoms with van der Waals surface area (Å²) >= 11 is 5.30. The van der Waals surface area contributed by atoms with Crippen LogP contribution in [0.4, 0.5) is 0 Å². The van der Waals surface area contributed by atoms with Gasteiger partial charge in [-0.25, -0.2) is 0 Å². The third-order valence-corrected chi connectivity index (χ3v) is 4.93. The van der Waals surface area contributed by atoms with Crippen LogP contribution in [0.3, 0.4) is 0 Å². The van der Waals surface area contributed by atoms with E-state index in [0.29, 0.717) is 23.0 Å². The lowest BCUT2D eigenvalue weighted by Gasteiger charge is -2.03. The van der Waals surface area contributed by atoms with E-state index in [4.69, 9.17) is 21.4 Å². The van der Waals surface area contributed by atoms with E-state index in [1.807, 2.05) is 36.4 Å². The van der Waals surface area contributed by atoms with Crippen molar-refractivity contribution in [2.24, 2.45) is 11.0 Å². The second kappa shape index (κ2) is 6.92. The van der Waals surface area contributed by atoms with Crippen molar-refractivity contribution in [2.45, 2.75) is 25.7 Å². The molecule has 1 aliphatic rings. The first-order valence-electron chi connectivity index (χ1n) is 8.57. The molecular formula is C19H20N4O2S. The topological polar surface area (TPSA) is 68.3 Å². The van der Waals surface area contributed by atoms with Crippen LogP contribution in [0.5, 0.6) is 5.75 Å². The van der Waals surface area contributed by atoms with Crippen LogP contribution < -0.4 is 4.74 Å². The highest BCUT2D eigenvalue weighted by atomic mass is 32.1. The van der Waals surface area contributed by atoms with Crippen molar-refractivity contribution in [3.63, 3.8) is 0 Å². The fourth-order valence-electron chi connectivity index (χ4n) is 2.95. The van der Waals surface area contributed by atoms with E-state index in [1.165, 1.54) is 6.42 Å². The Morgan fingerprint density at radius 1 is 1.35 bits per heavy atom. The van der Waals surface area contributed by atoms with Crippen molar-refractivity contribution < 1.29 is 9.15 Å². The van der Waals surface area contributed by atoms with Crippen LogP contribution in [0.2, 0.25) is 0 Å². The zero-order valence-electron chi connectivity index (χ0n) is 14.7. The molecule has 134 valence electrons. The number of furan rings is 1. The molecular weight excluding hydrogens is 348 g/mol. The van der Waals surface area contributed by atoms with Crippen LogP contribution in [0.15, 0.2) is 45.9 Å². The lowest BCUT2D eigenvalue weighted by molar-refractivity contribution is 0.414. The van der Waals surface area contributed by atoms with Gasteiger partial charge in [-0.2, -0.15) is 14.9 Å². The van der Waals surface area contributed by atoms with Gasteiger partial charge in [0.15, 0.2) is 5.82 Å². The number of hydrogen-bond donors (Lipinski definition) is 1. The van der Waals surface area contributed by atoms with E-state index in [9.17, 15) is 0 Å². The number of aromatic amines is 1. The van der Waals surface area contributed by atoms with Crippen molar-refractivity contribution in [1.82, 2.24) is 14.9 Å². The van der Waals surface area contributed by atoms with Gasteiger partial charge in [-0.15, -0.1) is 0 Å². The number of rotatable bonds is 6. The molecule has 0 amide bonds. The van der Waals surface area contributed by atoms with E-state index in [1.54, 1.807) is 18.0 Å². The largest absolute Gasteiger partial charge is 0.497 e. The molecule has 6 nitrogen and oxygen atoms in total. The van der Waals surface area contributed by atoms with Crippen molar-refractivity contribution in [1.29, 1.82) is 0 Å². The molecule has 1 aliphatic carbocycles. The Kier molecular flexibility index (Phi) is 4.46. The smallest absolute Gasteiger partial charge is 0.216 e. The maximum atomic E-state index is 5.86. The summed E-state index contributed by atoms with van der Waals surface area (Å²) < 4.78 is 13.1. The first-order valence-corrected chi connectivity index (χ1v) is 8.98.